The van der Waals surface area contributed by atoms with Crippen molar-refractivity contribution in [3.63, 3.8) is 0 Å². The number of amides is 2. The number of carbonyl (C=O) groups excluding carboxylic acids is 2. The number of esters is 1. The number of benzene rings is 2. The summed E-state index contributed by atoms with van der Waals surface area (Å²) in [7, 11) is 1.28. The van der Waals surface area contributed by atoms with Crippen molar-refractivity contribution in [3.05, 3.63) is 87.9 Å². The fourth-order valence-electron chi connectivity index (χ4n) is 4.90. The number of nitrogens with zero attached hydrogens (tertiary/aromatic N) is 2. The Bertz CT molecular complexity index is 1530. The van der Waals surface area contributed by atoms with E-state index in [0.717, 1.165) is 22.6 Å². The van der Waals surface area contributed by atoms with Gasteiger partial charge in [0.1, 0.15) is 6.61 Å². The standard InChI is InChI=1S/C31H37N5O6/c1-7-41-26-15-22(29-28(30(38)40-6)20(4)33-31(39)34-29)11-12-25(26)42-17-27(37)35-32-16-23-14-19(3)36(21(23)5)24-10-8-9-18(2)13-24/h8-16,27,29,35,37H,7,17H2,1-6H3,(H2,33,34,39)/b32-16-/t27-,29-/m0/s1. The van der Waals surface area contributed by atoms with Crippen LogP contribution in [-0.4, -0.2) is 54.4 Å². The molecule has 0 aliphatic carbocycles. The summed E-state index contributed by atoms with van der Waals surface area (Å²) in [5.74, 6) is 0.215. The summed E-state index contributed by atoms with van der Waals surface area (Å²) in [5, 5.41) is 20.0. The molecule has 0 fully saturated rings. The Kier molecular flexibility index (Phi) is 9.53. The van der Waals surface area contributed by atoms with Crippen LogP contribution in [0.3, 0.4) is 0 Å². The Morgan fingerprint density at radius 2 is 1.90 bits per heavy atom. The van der Waals surface area contributed by atoms with Gasteiger partial charge in [-0.05, 0) is 76.1 Å². The number of carbonyl (C=O) groups is 2. The van der Waals surface area contributed by atoms with E-state index < -0.39 is 24.3 Å². The van der Waals surface area contributed by atoms with Crippen molar-refractivity contribution in [2.45, 2.75) is 46.9 Å². The fourth-order valence-corrected chi connectivity index (χ4v) is 4.90. The Morgan fingerprint density at radius 1 is 1.12 bits per heavy atom. The second-order valence-corrected chi connectivity index (χ2v) is 9.92. The smallest absolute Gasteiger partial charge is 0.337 e. The molecule has 0 saturated heterocycles. The van der Waals surface area contributed by atoms with Crippen LogP contribution < -0.4 is 25.5 Å². The van der Waals surface area contributed by atoms with Crippen molar-refractivity contribution >= 4 is 18.2 Å². The van der Waals surface area contributed by atoms with E-state index in [9.17, 15) is 14.7 Å². The molecule has 0 unspecified atom stereocenters. The number of nitrogens with one attached hydrogen (secondary N) is 3. The van der Waals surface area contributed by atoms with Crippen LogP contribution >= 0.6 is 0 Å². The highest BCUT2D eigenvalue weighted by Crippen LogP contribution is 2.35. The molecule has 4 rings (SSSR count). The van der Waals surface area contributed by atoms with E-state index in [0.29, 0.717) is 29.4 Å². The fraction of sp³-hybridized carbons (Fsp3) is 0.323. The third kappa shape index (κ3) is 6.74. The van der Waals surface area contributed by atoms with Crippen LogP contribution in [0.5, 0.6) is 11.5 Å². The molecule has 42 heavy (non-hydrogen) atoms. The van der Waals surface area contributed by atoms with Crippen LogP contribution in [0.25, 0.3) is 5.69 Å². The maximum Gasteiger partial charge on any atom is 0.337 e. The normalized spacial score (nSPS) is 15.7. The van der Waals surface area contributed by atoms with Crippen molar-refractivity contribution in [1.29, 1.82) is 0 Å². The van der Waals surface area contributed by atoms with Gasteiger partial charge < -0.3 is 34.5 Å². The molecule has 0 saturated carbocycles. The molecule has 0 radical (unpaired) electrons. The number of methoxy groups -OCH3 is 1. The monoisotopic (exact) mass is 575 g/mol. The van der Waals surface area contributed by atoms with Crippen molar-refractivity contribution in [2.24, 2.45) is 5.10 Å². The van der Waals surface area contributed by atoms with E-state index in [-0.39, 0.29) is 12.2 Å². The summed E-state index contributed by atoms with van der Waals surface area (Å²) in [6, 6.07) is 14.2. The summed E-state index contributed by atoms with van der Waals surface area (Å²) in [6.45, 7) is 9.82. The molecule has 2 atom stereocenters. The van der Waals surface area contributed by atoms with Gasteiger partial charge in [0.15, 0.2) is 17.7 Å². The number of ether oxygens (including phenoxy) is 3. The van der Waals surface area contributed by atoms with Crippen LogP contribution in [0.2, 0.25) is 0 Å². The first-order valence-electron chi connectivity index (χ1n) is 13.6. The zero-order valence-electron chi connectivity index (χ0n) is 24.6. The van der Waals surface area contributed by atoms with Crippen molar-refractivity contribution in [2.75, 3.05) is 20.3 Å². The number of hydrazone groups is 1. The second kappa shape index (κ2) is 13.3. The van der Waals surface area contributed by atoms with Crippen LogP contribution in [0.4, 0.5) is 4.79 Å². The van der Waals surface area contributed by atoms with Crippen LogP contribution in [-0.2, 0) is 9.53 Å². The Hall–Kier alpha value is -4.77. The second-order valence-electron chi connectivity index (χ2n) is 9.92. The number of aromatic nitrogens is 1. The molecule has 2 amide bonds. The van der Waals surface area contributed by atoms with Gasteiger partial charge in [-0.15, -0.1) is 0 Å². The predicted molar refractivity (Wildman–Crippen MR) is 159 cm³/mol. The lowest BCUT2D eigenvalue weighted by Gasteiger charge is -2.28. The molecule has 222 valence electrons. The van der Waals surface area contributed by atoms with Gasteiger partial charge in [0, 0.05) is 28.3 Å². The third-order valence-electron chi connectivity index (χ3n) is 6.83. The first kappa shape index (κ1) is 30.2. The van der Waals surface area contributed by atoms with Gasteiger partial charge in [-0.3, -0.25) is 5.43 Å². The summed E-state index contributed by atoms with van der Waals surface area (Å²) in [5.41, 5.74) is 9.27. The highest BCUT2D eigenvalue weighted by Gasteiger charge is 2.32. The Balaban J connectivity index is 1.43. The number of rotatable bonds is 11. The molecular formula is C31H37N5O6. The van der Waals surface area contributed by atoms with Crippen molar-refractivity contribution < 1.29 is 28.9 Å². The molecule has 3 aromatic rings. The van der Waals surface area contributed by atoms with Gasteiger partial charge in [0.05, 0.1) is 31.5 Å². The van der Waals surface area contributed by atoms with Gasteiger partial charge >= 0.3 is 12.0 Å². The van der Waals surface area contributed by atoms with Gasteiger partial charge in [0.25, 0.3) is 0 Å². The first-order chi connectivity index (χ1) is 20.1. The highest BCUT2D eigenvalue weighted by atomic mass is 16.5. The Morgan fingerprint density at radius 3 is 2.62 bits per heavy atom. The lowest BCUT2D eigenvalue weighted by molar-refractivity contribution is -0.136. The number of urea groups is 1. The number of aryl methyl sites for hydroxylation is 2. The quantitative estimate of drug-likeness (QED) is 0.118. The van der Waals surface area contributed by atoms with Gasteiger partial charge in [-0.25, -0.2) is 9.59 Å². The summed E-state index contributed by atoms with van der Waals surface area (Å²) in [4.78, 5) is 24.6. The van der Waals surface area contributed by atoms with Crippen molar-refractivity contribution in [3.8, 4) is 17.2 Å². The van der Waals surface area contributed by atoms with E-state index in [1.54, 1.807) is 31.3 Å². The number of allylic oxidation sites excluding steroid dienone is 1. The molecule has 2 heterocycles. The number of aliphatic hydroxyl groups excluding tert-OH is 1. The molecule has 11 nitrogen and oxygen atoms in total. The van der Waals surface area contributed by atoms with Crippen LogP contribution in [0.15, 0.2) is 64.9 Å². The highest BCUT2D eigenvalue weighted by molar-refractivity contribution is 5.95. The lowest BCUT2D eigenvalue weighted by Crippen LogP contribution is -2.45. The van der Waals surface area contributed by atoms with E-state index in [1.165, 1.54) is 12.7 Å². The zero-order chi connectivity index (χ0) is 30.4. The minimum atomic E-state index is -1.10. The van der Waals surface area contributed by atoms with E-state index in [1.807, 2.05) is 32.9 Å². The first-order valence-corrected chi connectivity index (χ1v) is 13.6. The summed E-state index contributed by atoms with van der Waals surface area (Å²) in [6.07, 6.45) is 0.566. The third-order valence-corrected chi connectivity index (χ3v) is 6.83. The van der Waals surface area contributed by atoms with Gasteiger partial charge in [-0.1, -0.05) is 18.2 Å². The minimum absolute atomic E-state index is 0.115. The van der Waals surface area contributed by atoms with Crippen LogP contribution in [0.1, 0.15) is 48.0 Å². The average Bonchev–Trinajstić information content (AvgIpc) is 3.24. The maximum absolute atomic E-state index is 12.4. The lowest BCUT2D eigenvalue weighted by atomic mass is 9.95. The molecule has 0 spiro atoms. The molecule has 1 aliphatic heterocycles. The van der Waals surface area contributed by atoms with E-state index in [4.69, 9.17) is 14.2 Å². The van der Waals surface area contributed by atoms with Gasteiger partial charge in [0.2, 0.25) is 0 Å². The van der Waals surface area contributed by atoms with Crippen molar-refractivity contribution in [1.82, 2.24) is 20.6 Å². The average molecular weight is 576 g/mol. The summed E-state index contributed by atoms with van der Waals surface area (Å²) < 4.78 is 18.7. The molecule has 1 aliphatic rings. The molecule has 0 bridgehead atoms. The van der Waals surface area contributed by atoms with E-state index in [2.05, 4.69) is 50.9 Å². The number of aliphatic hydroxyl groups is 1. The predicted octanol–water partition coefficient (Wildman–Crippen LogP) is 3.92. The van der Waals surface area contributed by atoms with Crippen LogP contribution in [0, 0.1) is 20.8 Å². The summed E-state index contributed by atoms with van der Waals surface area (Å²) >= 11 is 0. The molecule has 4 N–H and O–H groups in total. The molecule has 11 heteroatoms. The molecular weight excluding hydrogens is 538 g/mol. The van der Waals surface area contributed by atoms with E-state index >= 15 is 0 Å². The number of hydrogen-bond donors (Lipinski definition) is 4. The molecule has 2 aromatic carbocycles. The zero-order valence-corrected chi connectivity index (χ0v) is 24.6. The minimum Gasteiger partial charge on any atom is -0.490 e. The number of hydrogen-bond acceptors (Lipinski definition) is 8. The maximum atomic E-state index is 12.4. The topological polar surface area (TPSA) is 135 Å². The largest absolute Gasteiger partial charge is 0.490 e. The Labute approximate surface area is 245 Å². The SMILES string of the molecule is CCOc1cc([C@@H]2NC(=O)NC(C)=C2C(=O)OC)ccc1OC[C@H](O)N/N=C\c1cc(C)n(-c2cccc(C)c2)c1C. The van der Waals surface area contributed by atoms with Gasteiger partial charge in [-0.2, -0.15) is 5.10 Å². The molecule has 1 aromatic heterocycles.